The summed E-state index contributed by atoms with van der Waals surface area (Å²) in [5.74, 6) is -3.35. The molecular formula is C26H32O10. The summed E-state index contributed by atoms with van der Waals surface area (Å²) < 4.78 is 32.3. The molecule has 3 rings (SSSR count). The topological polar surface area (TPSA) is 130 Å². The van der Waals surface area contributed by atoms with E-state index >= 15 is 0 Å². The van der Waals surface area contributed by atoms with Crippen LogP contribution in [-0.2, 0) is 19.1 Å². The molecule has 0 fully saturated rings. The highest BCUT2D eigenvalue weighted by Crippen LogP contribution is 2.59. The zero-order valence-electron chi connectivity index (χ0n) is 21.2. The van der Waals surface area contributed by atoms with Crippen molar-refractivity contribution in [1.82, 2.24) is 0 Å². The molecular weight excluding hydrogens is 472 g/mol. The van der Waals surface area contributed by atoms with Crippen molar-refractivity contribution in [2.45, 2.75) is 32.1 Å². The molecule has 0 saturated heterocycles. The zero-order chi connectivity index (χ0) is 26.6. The van der Waals surface area contributed by atoms with Crippen LogP contribution in [0.2, 0.25) is 0 Å². The van der Waals surface area contributed by atoms with Crippen LogP contribution in [0.5, 0.6) is 34.5 Å². The van der Waals surface area contributed by atoms with Crippen LogP contribution >= 0.6 is 0 Å². The Morgan fingerprint density at radius 3 is 1.86 bits per heavy atom. The first-order chi connectivity index (χ1) is 17.3. The van der Waals surface area contributed by atoms with Gasteiger partial charge in [0.25, 0.3) is 0 Å². The van der Waals surface area contributed by atoms with Crippen molar-refractivity contribution >= 4 is 11.9 Å². The van der Waals surface area contributed by atoms with Crippen LogP contribution in [0.25, 0.3) is 0 Å². The number of phenols is 2. The third-order valence-electron chi connectivity index (χ3n) is 6.33. The molecule has 10 nitrogen and oxygen atoms in total. The minimum Gasteiger partial charge on any atom is -0.502 e. The largest absolute Gasteiger partial charge is 0.502 e. The predicted molar refractivity (Wildman–Crippen MR) is 128 cm³/mol. The molecule has 2 aromatic carbocycles. The number of aromatic hydroxyl groups is 2. The van der Waals surface area contributed by atoms with E-state index in [1.165, 1.54) is 28.4 Å². The second-order valence-electron chi connectivity index (χ2n) is 8.11. The molecule has 196 valence electrons. The molecule has 1 aliphatic carbocycles. The van der Waals surface area contributed by atoms with Crippen LogP contribution < -0.4 is 18.9 Å². The maximum Gasteiger partial charge on any atom is 0.310 e. The maximum absolute atomic E-state index is 13.4. The smallest absolute Gasteiger partial charge is 0.310 e. The Hall–Kier alpha value is -3.82. The van der Waals surface area contributed by atoms with Crippen LogP contribution in [0.1, 0.15) is 48.8 Å². The normalized spacial score (nSPS) is 18.2. The van der Waals surface area contributed by atoms with Crippen LogP contribution in [0.3, 0.4) is 0 Å². The Balaban J connectivity index is 2.38. The van der Waals surface area contributed by atoms with Gasteiger partial charge in [-0.15, -0.1) is 0 Å². The highest BCUT2D eigenvalue weighted by molar-refractivity contribution is 5.83. The number of methoxy groups -OCH3 is 4. The summed E-state index contributed by atoms with van der Waals surface area (Å²) in [7, 11) is 5.57. The molecule has 0 saturated carbocycles. The second kappa shape index (κ2) is 11.3. The average Bonchev–Trinajstić information content (AvgIpc) is 3.17. The number of fused-ring (bicyclic) bond motifs is 1. The molecule has 0 aliphatic heterocycles. The van der Waals surface area contributed by atoms with Gasteiger partial charge in [-0.3, -0.25) is 9.59 Å². The van der Waals surface area contributed by atoms with E-state index in [9.17, 15) is 19.8 Å². The Bertz CT molecular complexity index is 1100. The standard InChI is InChI=1S/C26H32O10/c1-7-35-19(27)12-15-14-11-18(33-5)24(29)25(34-6)21(14)20(22(15)26(30)36-8-2)13-9-16(31-3)23(28)17(10-13)32-4/h9-11,15,20,22,28-29H,7-8,12H2,1-6H3. The lowest BCUT2D eigenvalue weighted by atomic mass is 9.81. The van der Waals surface area contributed by atoms with Crippen molar-refractivity contribution in [3.05, 3.63) is 34.9 Å². The van der Waals surface area contributed by atoms with Gasteiger partial charge >= 0.3 is 11.9 Å². The summed E-state index contributed by atoms with van der Waals surface area (Å²) in [4.78, 5) is 26.1. The molecule has 0 amide bonds. The Morgan fingerprint density at radius 1 is 0.806 bits per heavy atom. The van der Waals surface area contributed by atoms with Gasteiger partial charge in [0.05, 0.1) is 54.0 Å². The van der Waals surface area contributed by atoms with Gasteiger partial charge < -0.3 is 38.6 Å². The van der Waals surface area contributed by atoms with Crippen molar-refractivity contribution < 1.29 is 48.2 Å². The van der Waals surface area contributed by atoms with E-state index < -0.39 is 29.7 Å². The van der Waals surface area contributed by atoms with Crippen LogP contribution in [0.15, 0.2) is 18.2 Å². The SMILES string of the molecule is CCOC(=O)CC1c2cc(OC)c(O)c(OC)c2C(c2cc(OC)c(O)c(OC)c2)C1C(=O)OCC. The van der Waals surface area contributed by atoms with Crippen LogP contribution in [0.4, 0.5) is 0 Å². The summed E-state index contributed by atoms with van der Waals surface area (Å²) in [5.41, 5.74) is 1.58. The molecule has 0 aromatic heterocycles. The van der Waals surface area contributed by atoms with Gasteiger partial charge in [-0.1, -0.05) is 0 Å². The highest BCUT2D eigenvalue weighted by atomic mass is 16.5. The Morgan fingerprint density at radius 2 is 1.36 bits per heavy atom. The zero-order valence-corrected chi connectivity index (χ0v) is 21.2. The van der Waals surface area contributed by atoms with E-state index in [-0.39, 0.29) is 54.1 Å². The Labute approximate surface area is 209 Å². The van der Waals surface area contributed by atoms with Crippen molar-refractivity contribution in [2.75, 3.05) is 41.7 Å². The molecule has 0 spiro atoms. The number of benzene rings is 2. The fourth-order valence-electron chi connectivity index (χ4n) is 4.90. The minimum atomic E-state index is -0.899. The molecule has 2 aromatic rings. The molecule has 0 heterocycles. The van der Waals surface area contributed by atoms with E-state index in [2.05, 4.69) is 0 Å². The van der Waals surface area contributed by atoms with Gasteiger partial charge in [0, 0.05) is 17.4 Å². The lowest BCUT2D eigenvalue weighted by Crippen LogP contribution is -2.27. The van der Waals surface area contributed by atoms with Crippen molar-refractivity contribution in [3.63, 3.8) is 0 Å². The van der Waals surface area contributed by atoms with Gasteiger partial charge in [0.1, 0.15) is 0 Å². The van der Waals surface area contributed by atoms with Gasteiger partial charge in [-0.2, -0.15) is 0 Å². The highest BCUT2D eigenvalue weighted by Gasteiger charge is 2.50. The minimum absolute atomic E-state index is 0.0982. The molecule has 1 aliphatic rings. The first kappa shape index (κ1) is 26.8. The van der Waals surface area contributed by atoms with Crippen molar-refractivity contribution in [3.8, 4) is 34.5 Å². The van der Waals surface area contributed by atoms with E-state index in [1.54, 1.807) is 32.0 Å². The van der Waals surface area contributed by atoms with E-state index in [0.29, 0.717) is 16.7 Å². The van der Waals surface area contributed by atoms with Crippen LogP contribution in [0, 0.1) is 5.92 Å². The number of ether oxygens (including phenoxy) is 6. The molecule has 2 N–H and O–H groups in total. The summed E-state index contributed by atoms with van der Waals surface area (Å²) in [6.07, 6.45) is -0.121. The number of rotatable bonds is 10. The fraction of sp³-hybridized carbons (Fsp3) is 0.462. The number of hydrogen-bond acceptors (Lipinski definition) is 10. The summed E-state index contributed by atoms with van der Waals surface area (Å²) in [6.45, 7) is 3.70. The third-order valence-corrected chi connectivity index (χ3v) is 6.33. The number of carbonyl (C=O) groups is 2. The molecule has 0 bridgehead atoms. The quantitative estimate of drug-likeness (QED) is 0.464. The number of hydrogen-bond donors (Lipinski definition) is 2. The van der Waals surface area contributed by atoms with Crippen LogP contribution in [-0.4, -0.2) is 63.8 Å². The van der Waals surface area contributed by atoms with E-state index in [0.717, 1.165) is 0 Å². The number of carbonyl (C=O) groups excluding carboxylic acids is 2. The summed E-state index contributed by atoms with van der Waals surface area (Å²) >= 11 is 0. The number of esters is 2. The van der Waals surface area contributed by atoms with Crippen molar-refractivity contribution in [1.29, 1.82) is 0 Å². The second-order valence-corrected chi connectivity index (χ2v) is 8.11. The van der Waals surface area contributed by atoms with Gasteiger partial charge in [0.15, 0.2) is 23.0 Å². The molecule has 36 heavy (non-hydrogen) atoms. The predicted octanol–water partition coefficient (Wildman–Crippen LogP) is 3.49. The summed E-state index contributed by atoms with van der Waals surface area (Å²) in [6, 6.07) is 4.75. The average molecular weight is 505 g/mol. The van der Waals surface area contributed by atoms with Gasteiger partial charge in [-0.25, -0.2) is 0 Å². The van der Waals surface area contributed by atoms with Gasteiger partial charge in [0.2, 0.25) is 11.5 Å². The molecule has 3 atom stereocenters. The first-order valence-corrected chi connectivity index (χ1v) is 11.5. The van der Waals surface area contributed by atoms with E-state index in [4.69, 9.17) is 28.4 Å². The van der Waals surface area contributed by atoms with Crippen molar-refractivity contribution in [2.24, 2.45) is 5.92 Å². The lowest BCUT2D eigenvalue weighted by molar-refractivity contribution is -0.150. The maximum atomic E-state index is 13.4. The molecule has 0 radical (unpaired) electrons. The van der Waals surface area contributed by atoms with E-state index in [1.807, 2.05) is 0 Å². The van der Waals surface area contributed by atoms with Gasteiger partial charge in [-0.05, 0) is 43.2 Å². The summed E-state index contributed by atoms with van der Waals surface area (Å²) in [5, 5.41) is 21.4. The number of phenolic OH excluding ortho intramolecular Hbond substituents is 2. The first-order valence-electron chi connectivity index (χ1n) is 11.5. The molecule has 3 unspecified atom stereocenters. The monoisotopic (exact) mass is 504 g/mol. The lowest BCUT2D eigenvalue weighted by Gasteiger charge is -2.25. The molecule has 10 heteroatoms. The Kier molecular flexibility index (Phi) is 8.39. The third kappa shape index (κ3) is 4.67. The fourth-order valence-corrected chi connectivity index (χ4v) is 4.90.